The van der Waals surface area contributed by atoms with Gasteiger partial charge in [0.15, 0.2) is 6.61 Å². The summed E-state index contributed by atoms with van der Waals surface area (Å²) < 4.78 is 7.67. The third-order valence-electron chi connectivity index (χ3n) is 7.10. The number of aliphatic hydroxyl groups is 1. The number of Topliss-reactive ketones (excluding diaryl/α,β-unsaturated/α-hetero) is 1. The van der Waals surface area contributed by atoms with E-state index >= 15 is 0 Å². The van der Waals surface area contributed by atoms with Gasteiger partial charge in [0.1, 0.15) is 0 Å². The van der Waals surface area contributed by atoms with Crippen LogP contribution in [0.3, 0.4) is 0 Å². The molecule has 27 heavy (non-hydrogen) atoms. The number of aryl methyl sites for hydroxylation is 1. The quantitative estimate of drug-likeness (QED) is 0.630. The molecule has 5 rings (SSSR count). The van der Waals surface area contributed by atoms with Crippen LogP contribution in [0.5, 0.6) is 0 Å². The van der Waals surface area contributed by atoms with Crippen molar-refractivity contribution < 1.29 is 19.4 Å². The monoisotopic (exact) mass is 373 g/mol. The Morgan fingerprint density at radius 2 is 1.85 bits per heavy atom. The Bertz CT molecular complexity index is 776. The number of esters is 1. The largest absolute Gasteiger partial charge is 0.457 e. The van der Waals surface area contributed by atoms with Gasteiger partial charge in [-0.15, -0.1) is 0 Å². The van der Waals surface area contributed by atoms with Gasteiger partial charge in [-0.3, -0.25) is 9.59 Å². The van der Waals surface area contributed by atoms with E-state index in [0.717, 1.165) is 43.5 Å². The van der Waals surface area contributed by atoms with Gasteiger partial charge < -0.3 is 14.4 Å². The lowest BCUT2D eigenvalue weighted by Crippen LogP contribution is -2.58. The predicted molar refractivity (Wildman–Crippen MR) is 102 cm³/mol. The van der Waals surface area contributed by atoms with Crippen molar-refractivity contribution in [1.82, 2.24) is 4.57 Å². The van der Waals surface area contributed by atoms with E-state index in [1.54, 1.807) is 0 Å². The summed E-state index contributed by atoms with van der Waals surface area (Å²) in [7, 11) is 0. The molecule has 0 aromatic carbocycles. The van der Waals surface area contributed by atoms with Crippen LogP contribution in [0, 0.1) is 31.1 Å². The molecule has 2 atom stereocenters. The van der Waals surface area contributed by atoms with Gasteiger partial charge >= 0.3 is 5.97 Å². The van der Waals surface area contributed by atoms with Crippen LogP contribution in [0.15, 0.2) is 6.07 Å². The van der Waals surface area contributed by atoms with Crippen molar-refractivity contribution in [1.29, 1.82) is 0 Å². The molecular weight excluding hydrogens is 342 g/mol. The highest BCUT2D eigenvalue weighted by Crippen LogP contribution is 2.61. The molecule has 4 fully saturated rings. The summed E-state index contributed by atoms with van der Waals surface area (Å²) in [6, 6.07) is 2.17. The number of ether oxygens (including phenoxy) is 1. The smallest absolute Gasteiger partial charge is 0.312 e. The second-order valence-corrected chi connectivity index (χ2v) is 9.71. The van der Waals surface area contributed by atoms with E-state index in [0.29, 0.717) is 23.8 Å². The number of carbonyl (C=O) groups excluding carboxylic acids is 2. The predicted octanol–water partition coefficient (Wildman–Crippen LogP) is 3.74. The minimum absolute atomic E-state index is 0.146. The zero-order chi connectivity index (χ0) is 19.6. The molecule has 4 aliphatic carbocycles. The second kappa shape index (κ2) is 6.20. The maximum Gasteiger partial charge on any atom is 0.312 e. The normalized spacial score (nSPS) is 34.3. The third-order valence-corrected chi connectivity index (χ3v) is 7.10. The first-order valence-electron chi connectivity index (χ1n) is 10.2. The van der Waals surface area contributed by atoms with E-state index in [1.807, 2.05) is 19.9 Å². The lowest BCUT2D eigenvalue weighted by atomic mass is 9.48. The molecule has 1 aromatic heterocycles. The fraction of sp³-hybridized carbons (Fsp3) is 0.727. The lowest BCUT2D eigenvalue weighted by Gasteiger charge is -2.58. The molecule has 0 radical (unpaired) electrons. The van der Waals surface area contributed by atoms with Crippen LogP contribution in [0.25, 0.3) is 0 Å². The number of rotatable bonds is 5. The molecule has 4 saturated carbocycles. The summed E-state index contributed by atoms with van der Waals surface area (Å²) in [6.07, 6.45) is 4.87. The van der Waals surface area contributed by atoms with E-state index in [1.165, 1.54) is 0 Å². The van der Waals surface area contributed by atoms with Gasteiger partial charge in [0.2, 0.25) is 5.78 Å². The zero-order valence-electron chi connectivity index (χ0n) is 16.9. The first-order valence-corrected chi connectivity index (χ1v) is 10.2. The standard InChI is InChI=1S/C22H31NO4/c1-13(2)23-14(3)5-18(15(23)4)19(24)11-27-20(25)21-7-16-6-17(8-21)10-22(26,9-16)12-21/h5,13,16-17,26H,6-12H2,1-4H3/t16-,17-,21?,22?/m1/s1. The maximum atomic E-state index is 12.9. The van der Waals surface area contributed by atoms with Crippen molar-refractivity contribution in [3.63, 3.8) is 0 Å². The fourth-order valence-electron chi connectivity index (χ4n) is 6.67. The minimum Gasteiger partial charge on any atom is -0.457 e. The van der Waals surface area contributed by atoms with Crippen LogP contribution in [0.4, 0.5) is 0 Å². The van der Waals surface area contributed by atoms with E-state index in [4.69, 9.17) is 4.74 Å². The molecule has 148 valence electrons. The molecule has 4 bridgehead atoms. The molecule has 0 saturated heterocycles. The summed E-state index contributed by atoms with van der Waals surface area (Å²) in [5.41, 5.74) is 1.33. The van der Waals surface area contributed by atoms with E-state index < -0.39 is 11.0 Å². The van der Waals surface area contributed by atoms with Gasteiger partial charge in [0.05, 0.1) is 11.0 Å². The van der Waals surface area contributed by atoms with Crippen LogP contribution in [0.2, 0.25) is 0 Å². The molecule has 5 nitrogen and oxygen atoms in total. The molecule has 0 amide bonds. The van der Waals surface area contributed by atoms with E-state index in [2.05, 4.69) is 18.4 Å². The Hall–Kier alpha value is -1.62. The van der Waals surface area contributed by atoms with Gasteiger partial charge in [-0.1, -0.05) is 0 Å². The summed E-state index contributed by atoms with van der Waals surface area (Å²) in [5.74, 6) is 0.418. The first kappa shape index (κ1) is 18.7. The van der Waals surface area contributed by atoms with Crippen molar-refractivity contribution in [2.45, 2.75) is 77.9 Å². The Balaban J connectivity index is 1.46. The number of hydrogen-bond acceptors (Lipinski definition) is 4. The SMILES string of the molecule is Cc1cc(C(=O)COC(=O)C23C[C@H]4C[C@@H](CC(O)(C4)C2)C3)c(C)n1C(C)C. The molecular formula is C22H31NO4. The van der Waals surface area contributed by atoms with Crippen molar-refractivity contribution in [2.75, 3.05) is 6.61 Å². The Kier molecular flexibility index (Phi) is 4.30. The average molecular weight is 373 g/mol. The van der Waals surface area contributed by atoms with Gasteiger partial charge in [0, 0.05) is 23.0 Å². The lowest BCUT2D eigenvalue weighted by molar-refractivity contribution is -0.195. The Morgan fingerprint density at radius 3 is 2.37 bits per heavy atom. The molecule has 1 N–H and O–H groups in total. The summed E-state index contributed by atoms with van der Waals surface area (Å²) in [5, 5.41) is 10.8. The highest BCUT2D eigenvalue weighted by atomic mass is 16.5. The molecule has 0 spiro atoms. The van der Waals surface area contributed by atoms with Gasteiger partial charge in [0.25, 0.3) is 0 Å². The zero-order valence-corrected chi connectivity index (χ0v) is 16.9. The van der Waals surface area contributed by atoms with Crippen LogP contribution in [-0.4, -0.2) is 33.6 Å². The first-order chi connectivity index (χ1) is 12.6. The molecule has 5 heteroatoms. The number of carbonyl (C=O) groups is 2. The van der Waals surface area contributed by atoms with Crippen molar-refractivity contribution in [3.8, 4) is 0 Å². The van der Waals surface area contributed by atoms with Gasteiger partial charge in [-0.05, 0) is 84.1 Å². The Morgan fingerprint density at radius 1 is 1.22 bits per heavy atom. The summed E-state index contributed by atoms with van der Waals surface area (Å²) in [6.45, 7) is 7.90. The van der Waals surface area contributed by atoms with Crippen molar-refractivity contribution >= 4 is 11.8 Å². The van der Waals surface area contributed by atoms with Crippen LogP contribution in [0.1, 0.15) is 80.2 Å². The molecule has 0 aliphatic heterocycles. The fourth-order valence-corrected chi connectivity index (χ4v) is 6.67. The molecule has 4 aliphatic rings. The van der Waals surface area contributed by atoms with Gasteiger partial charge in [-0.25, -0.2) is 0 Å². The summed E-state index contributed by atoms with van der Waals surface area (Å²) in [4.78, 5) is 25.7. The third kappa shape index (κ3) is 3.04. The number of aromatic nitrogens is 1. The summed E-state index contributed by atoms with van der Waals surface area (Å²) >= 11 is 0. The van der Waals surface area contributed by atoms with Crippen molar-refractivity contribution in [2.24, 2.45) is 17.3 Å². The van der Waals surface area contributed by atoms with Crippen molar-refractivity contribution in [3.05, 3.63) is 23.0 Å². The van der Waals surface area contributed by atoms with Crippen LogP contribution < -0.4 is 0 Å². The van der Waals surface area contributed by atoms with E-state index in [-0.39, 0.29) is 24.4 Å². The second-order valence-electron chi connectivity index (χ2n) is 9.71. The highest BCUT2D eigenvalue weighted by Gasteiger charge is 2.60. The molecule has 1 aromatic rings. The molecule has 0 unspecified atom stereocenters. The maximum absolute atomic E-state index is 12.9. The minimum atomic E-state index is -0.699. The Labute approximate surface area is 161 Å². The average Bonchev–Trinajstić information content (AvgIpc) is 2.84. The number of nitrogens with zero attached hydrogens (tertiary/aromatic N) is 1. The van der Waals surface area contributed by atoms with E-state index in [9.17, 15) is 14.7 Å². The number of hydrogen-bond donors (Lipinski definition) is 1. The van der Waals surface area contributed by atoms with Crippen LogP contribution >= 0.6 is 0 Å². The molecule has 1 heterocycles. The van der Waals surface area contributed by atoms with Gasteiger partial charge in [-0.2, -0.15) is 0 Å². The number of ketones is 1. The van der Waals surface area contributed by atoms with Crippen LogP contribution in [-0.2, 0) is 9.53 Å². The topological polar surface area (TPSA) is 68.5 Å². The highest BCUT2D eigenvalue weighted by molar-refractivity contribution is 5.99.